The van der Waals surface area contributed by atoms with Crippen molar-refractivity contribution >= 4 is 5.91 Å². The SMILES string of the molecule is O=C(NCc1nnc2n1CCC2)c1cn(CCC2CCCCN2)nn1. The molecule has 0 aliphatic carbocycles. The number of rotatable bonds is 6. The average Bonchev–Trinajstić information content (AvgIpc) is 3.36. The molecule has 2 aromatic heterocycles. The van der Waals surface area contributed by atoms with Crippen LogP contribution >= 0.6 is 0 Å². The topological polar surface area (TPSA) is 103 Å². The Hall–Kier alpha value is -2.29. The standard InChI is InChI=1S/C16H24N8O/c25-16(18-10-15-21-20-14-5-3-8-24(14)15)13-11-23(22-19-13)9-6-12-4-1-2-7-17-12/h11-12,17H,1-10H2,(H,18,25). The van der Waals surface area contributed by atoms with E-state index >= 15 is 0 Å². The minimum Gasteiger partial charge on any atom is -0.343 e. The van der Waals surface area contributed by atoms with Gasteiger partial charge < -0.3 is 15.2 Å². The maximum atomic E-state index is 12.3. The van der Waals surface area contributed by atoms with Crippen LogP contribution in [0.15, 0.2) is 6.20 Å². The second-order valence-corrected chi connectivity index (χ2v) is 6.77. The lowest BCUT2D eigenvalue weighted by Crippen LogP contribution is -2.34. The summed E-state index contributed by atoms with van der Waals surface area (Å²) in [5.74, 6) is 1.58. The highest BCUT2D eigenvalue weighted by atomic mass is 16.2. The molecule has 134 valence electrons. The fraction of sp³-hybridized carbons (Fsp3) is 0.688. The molecule has 0 saturated carbocycles. The highest BCUT2D eigenvalue weighted by molar-refractivity contribution is 5.91. The molecule has 2 aliphatic heterocycles. The molecule has 0 aromatic carbocycles. The molecule has 1 amide bonds. The minimum absolute atomic E-state index is 0.225. The number of fused-ring (bicyclic) bond motifs is 1. The number of piperidine rings is 1. The molecule has 4 heterocycles. The first-order chi connectivity index (χ1) is 12.3. The second-order valence-electron chi connectivity index (χ2n) is 6.77. The van der Waals surface area contributed by atoms with Crippen molar-refractivity contribution in [2.45, 2.75) is 64.2 Å². The molecule has 25 heavy (non-hydrogen) atoms. The van der Waals surface area contributed by atoms with Crippen molar-refractivity contribution in [3.05, 3.63) is 23.5 Å². The monoisotopic (exact) mass is 344 g/mol. The fourth-order valence-electron chi connectivity index (χ4n) is 3.56. The maximum Gasteiger partial charge on any atom is 0.273 e. The Morgan fingerprint density at radius 3 is 3.12 bits per heavy atom. The average molecular weight is 344 g/mol. The number of carbonyl (C=O) groups is 1. The van der Waals surface area contributed by atoms with Gasteiger partial charge in [0, 0.05) is 25.6 Å². The molecule has 2 aliphatic rings. The van der Waals surface area contributed by atoms with Crippen LogP contribution in [-0.4, -0.2) is 48.3 Å². The number of nitrogens with zero attached hydrogens (tertiary/aromatic N) is 6. The Morgan fingerprint density at radius 2 is 2.24 bits per heavy atom. The van der Waals surface area contributed by atoms with E-state index in [2.05, 4.69) is 35.7 Å². The van der Waals surface area contributed by atoms with Crippen LogP contribution in [0.2, 0.25) is 0 Å². The van der Waals surface area contributed by atoms with E-state index in [-0.39, 0.29) is 5.91 Å². The zero-order valence-electron chi connectivity index (χ0n) is 14.3. The van der Waals surface area contributed by atoms with Crippen LogP contribution in [-0.2, 0) is 26.1 Å². The second kappa shape index (κ2) is 7.30. The summed E-state index contributed by atoms with van der Waals surface area (Å²) in [5.41, 5.74) is 0.345. The van der Waals surface area contributed by atoms with Gasteiger partial charge in [0.25, 0.3) is 5.91 Å². The highest BCUT2D eigenvalue weighted by Gasteiger charge is 2.19. The van der Waals surface area contributed by atoms with Gasteiger partial charge in [0.2, 0.25) is 0 Å². The molecule has 0 bridgehead atoms. The van der Waals surface area contributed by atoms with Gasteiger partial charge in [-0.05, 0) is 32.2 Å². The molecule has 1 unspecified atom stereocenters. The highest BCUT2D eigenvalue weighted by Crippen LogP contribution is 2.14. The molecule has 4 rings (SSSR count). The van der Waals surface area contributed by atoms with Gasteiger partial charge in [-0.2, -0.15) is 0 Å². The van der Waals surface area contributed by atoms with Crippen molar-refractivity contribution in [3.8, 4) is 0 Å². The van der Waals surface area contributed by atoms with E-state index in [9.17, 15) is 4.79 Å². The van der Waals surface area contributed by atoms with Gasteiger partial charge in [-0.1, -0.05) is 11.6 Å². The molecule has 2 N–H and O–H groups in total. The van der Waals surface area contributed by atoms with E-state index < -0.39 is 0 Å². The summed E-state index contributed by atoms with van der Waals surface area (Å²) in [5, 5.41) is 22.7. The lowest BCUT2D eigenvalue weighted by molar-refractivity contribution is 0.0944. The number of aryl methyl sites for hydroxylation is 2. The normalized spacial score (nSPS) is 19.8. The lowest BCUT2D eigenvalue weighted by Gasteiger charge is -2.23. The number of carbonyl (C=O) groups excluding carboxylic acids is 1. The summed E-state index contributed by atoms with van der Waals surface area (Å²) in [6, 6.07) is 0.547. The molecule has 1 saturated heterocycles. The van der Waals surface area contributed by atoms with Crippen LogP contribution in [0.25, 0.3) is 0 Å². The summed E-state index contributed by atoms with van der Waals surface area (Å²) in [6.45, 7) is 3.17. The molecule has 1 fully saturated rings. The third-order valence-electron chi connectivity index (χ3n) is 4.98. The van der Waals surface area contributed by atoms with Crippen molar-refractivity contribution in [3.63, 3.8) is 0 Å². The van der Waals surface area contributed by atoms with E-state index in [1.165, 1.54) is 19.3 Å². The smallest absolute Gasteiger partial charge is 0.273 e. The third-order valence-corrected chi connectivity index (χ3v) is 4.98. The summed E-state index contributed by atoms with van der Waals surface area (Å²) in [4.78, 5) is 12.3. The molecule has 9 heteroatoms. The van der Waals surface area contributed by atoms with Gasteiger partial charge in [0.05, 0.1) is 12.7 Å². The van der Waals surface area contributed by atoms with Crippen LogP contribution in [0.5, 0.6) is 0 Å². The minimum atomic E-state index is -0.225. The first kappa shape index (κ1) is 16.2. The number of nitrogens with one attached hydrogen (secondary N) is 2. The first-order valence-corrected chi connectivity index (χ1v) is 9.12. The molecule has 0 spiro atoms. The third kappa shape index (κ3) is 3.71. The Kier molecular flexibility index (Phi) is 4.73. The molecule has 1 atom stereocenters. The Bertz CT molecular complexity index is 730. The Labute approximate surface area is 146 Å². The van der Waals surface area contributed by atoms with Crippen molar-refractivity contribution in [2.75, 3.05) is 6.54 Å². The fourth-order valence-corrected chi connectivity index (χ4v) is 3.56. The van der Waals surface area contributed by atoms with E-state index in [1.807, 2.05) is 0 Å². The zero-order valence-corrected chi connectivity index (χ0v) is 14.3. The maximum absolute atomic E-state index is 12.3. The van der Waals surface area contributed by atoms with E-state index in [4.69, 9.17) is 0 Å². The first-order valence-electron chi connectivity index (χ1n) is 9.12. The number of hydrogen-bond acceptors (Lipinski definition) is 6. The van der Waals surface area contributed by atoms with Gasteiger partial charge in [0.1, 0.15) is 5.82 Å². The predicted molar refractivity (Wildman–Crippen MR) is 89.8 cm³/mol. The van der Waals surface area contributed by atoms with E-state index in [0.717, 1.165) is 50.5 Å². The van der Waals surface area contributed by atoms with Gasteiger partial charge in [-0.25, -0.2) is 0 Å². The molecular formula is C16H24N8O. The van der Waals surface area contributed by atoms with Crippen molar-refractivity contribution in [2.24, 2.45) is 0 Å². The van der Waals surface area contributed by atoms with Crippen LogP contribution in [0.4, 0.5) is 0 Å². The number of aromatic nitrogens is 6. The van der Waals surface area contributed by atoms with Crippen molar-refractivity contribution < 1.29 is 4.79 Å². The summed E-state index contributed by atoms with van der Waals surface area (Å²) < 4.78 is 3.83. The van der Waals surface area contributed by atoms with Crippen molar-refractivity contribution in [1.29, 1.82) is 0 Å². The molecule has 9 nitrogen and oxygen atoms in total. The largest absolute Gasteiger partial charge is 0.343 e. The van der Waals surface area contributed by atoms with Gasteiger partial charge in [0.15, 0.2) is 11.5 Å². The lowest BCUT2D eigenvalue weighted by atomic mass is 10.0. The molecule has 0 radical (unpaired) electrons. The van der Waals surface area contributed by atoms with E-state index in [0.29, 0.717) is 18.3 Å². The molecule has 2 aromatic rings. The van der Waals surface area contributed by atoms with Gasteiger partial charge in [-0.3, -0.25) is 9.48 Å². The van der Waals surface area contributed by atoms with E-state index in [1.54, 1.807) is 10.9 Å². The van der Waals surface area contributed by atoms with Gasteiger partial charge >= 0.3 is 0 Å². The quantitative estimate of drug-likeness (QED) is 0.780. The van der Waals surface area contributed by atoms with Crippen LogP contribution in [0, 0.1) is 0 Å². The van der Waals surface area contributed by atoms with Crippen LogP contribution in [0.1, 0.15) is 54.2 Å². The zero-order chi connectivity index (χ0) is 17.1. The van der Waals surface area contributed by atoms with Crippen LogP contribution < -0.4 is 10.6 Å². The Morgan fingerprint density at radius 1 is 1.28 bits per heavy atom. The summed E-state index contributed by atoms with van der Waals surface area (Å²) >= 11 is 0. The molecular weight excluding hydrogens is 320 g/mol. The van der Waals surface area contributed by atoms with Crippen LogP contribution in [0.3, 0.4) is 0 Å². The predicted octanol–water partition coefficient (Wildman–Crippen LogP) is 0.278. The number of amides is 1. The van der Waals surface area contributed by atoms with Crippen molar-refractivity contribution in [1.82, 2.24) is 40.4 Å². The summed E-state index contributed by atoms with van der Waals surface area (Å²) in [6.07, 6.45) is 8.54. The number of hydrogen-bond donors (Lipinski definition) is 2. The Balaban J connectivity index is 1.28. The van der Waals surface area contributed by atoms with Gasteiger partial charge in [-0.15, -0.1) is 15.3 Å². The summed E-state index contributed by atoms with van der Waals surface area (Å²) in [7, 11) is 0.